The molecule has 4 heteroatoms. The van der Waals surface area contributed by atoms with Crippen molar-refractivity contribution in [2.45, 2.75) is 32.7 Å². The summed E-state index contributed by atoms with van der Waals surface area (Å²) < 4.78 is 0. The largest absolute Gasteiger partial charge is 0.355 e. The molecule has 0 fully saturated rings. The first-order valence-electron chi connectivity index (χ1n) is 8.20. The number of aromatic nitrogens is 1. The van der Waals surface area contributed by atoms with Crippen molar-refractivity contribution in [3.63, 3.8) is 0 Å². The van der Waals surface area contributed by atoms with Crippen LogP contribution in [0.4, 0.5) is 5.82 Å². The van der Waals surface area contributed by atoms with Gasteiger partial charge in [-0.3, -0.25) is 4.79 Å². The fraction of sp³-hybridized carbons (Fsp3) is 0.368. The quantitative estimate of drug-likeness (QED) is 0.757. The molecule has 2 aromatic rings. The third kappa shape index (κ3) is 5.40. The third-order valence-corrected chi connectivity index (χ3v) is 3.73. The van der Waals surface area contributed by atoms with E-state index in [9.17, 15) is 4.79 Å². The lowest BCUT2D eigenvalue weighted by molar-refractivity contribution is 0.0953. The van der Waals surface area contributed by atoms with E-state index in [1.165, 1.54) is 5.56 Å². The molecule has 0 saturated carbocycles. The summed E-state index contributed by atoms with van der Waals surface area (Å²) in [7, 11) is 1.98. The summed E-state index contributed by atoms with van der Waals surface area (Å²) >= 11 is 0. The van der Waals surface area contributed by atoms with Gasteiger partial charge in [0.1, 0.15) is 5.82 Å². The molecule has 0 radical (unpaired) electrons. The first kappa shape index (κ1) is 17.0. The second kappa shape index (κ2) is 8.93. The van der Waals surface area contributed by atoms with Crippen molar-refractivity contribution in [2.75, 3.05) is 18.5 Å². The van der Waals surface area contributed by atoms with Gasteiger partial charge in [-0.1, -0.05) is 50.1 Å². The van der Waals surface area contributed by atoms with Crippen LogP contribution < -0.4 is 10.2 Å². The van der Waals surface area contributed by atoms with Crippen molar-refractivity contribution in [1.29, 1.82) is 0 Å². The lowest BCUT2D eigenvalue weighted by atomic mass is 10.2. The van der Waals surface area contributed by atoms with Crippen LogP contribution in [0.5, 0.6) is 0 Å². The van der Waals surface area contributed by atoms with Crippen LogP contribution in [0.25, 0.3) is 0 Å². The van der Waals surface area contributed by atoms with E-state index in [1.807, 2.05) is 36.2 Å². The summed E-state index contributed by atoms with van der Waals surface area (Å²) in [5.41, 5.74) is 1.87. The Morgan fingerprint density at radius 1 is 1.17 bits per heavy atom. The molecule has 0 aliphatic heterocycles. The fourth-order valence-electron chi connectivity index (χ4n) is 2.39. The van der Waals surface area contributed by atoms with Crippen molar-refractivity contribution in [2.24, 2.45) is 0 Å². The van der Waals surface area contributed by atoms with Crippen LogP contribution in [-0.2, 0) is 6.54 Å². The second-order valence-corrected chi connectivity index (χ2v) is 5.71. The first-order valence-corrected chi connectivity index (χ1v) is 8.20. The monoisotopic (exact) mass is 311 g/mol. The zero-order valence-corrected chi connectivity index (χ0v) is 14.0. The van der Waals surface area contributed by atoms with Gasteiger partial charge in [-0.25, -0.2) is 4.98 Å². The SMILES string of the molecule is CCCCCNC(=O)c1ccnc(N(C)Cc2ccccc2)c1. The molecule has 4 nitrogen and oxygen atoms in total. The maximum atomic E-state index is 12.2. The zero-order chi connectivity index (χ0) is 16.5. The molecule has 2 rings (SSSR count). The highest BCUT2D eigenvalue weighted by atomic mass is 16.1. The van der Waals surface area contributed by atoms with E-state index in [2.05, 4.69) is 29.4 Å². The molecule has 1 N–H and O–H groups in total. The fourth-order valence-corrected chi connectivity index (χ4v) is 2.39. The smallest absolute Gasteiger partial charge is 0.251 e. The Hall–Kier alpha value is -2.36. The van der Waals surface area contributed by atoms with E-state index >= 15 is 0 Å². The van der Waals surface area contributed by atoms with E-state index in [1.54, 1.807) is 12.3 Å². The number of nitrogens with one attached hydrogen (secondary N) is 1. The van der Waals surface area contributed by atoms with Gasteiger partial charge in [0.25, 0.3) is 5.91 Å². The molecular formula is C19H25N3O. The Morgan fingerprint density at radius 3 is 2.70 bits per heavy atom. The Kier molecular flexibility index (Phi) is 6.60. The van der Waals surface area contributed by atoms with Crippen molar-refractivity contribution in [3.8, 4) is 0 Å². The molecule has 0 saturated heterocycles. The van der Waals surface area contributed by atoms with Gasteiger partial charge < -0.3 is 10.2 Å². The van der Waals surface area contributed by atoms with Crippen molar-refractivity contribution >= 4 is 11.7 Å². The maximum absolute atomic E-state index is 12.2. The average Bonchev–Trinajstić information content (AvgIpc) is 2.59. The summed E-state index contributed by atoms with van der Waals surface area (Å²) in [4.78, 5) is 18.6. The normalized spacial score (nSPS) is 10.3. The van der Waals surface area contributed by atoms with Gasteiger partial charge in [-0.2, -0.15) is 0 Å². The maximum Gasteiger partial charge on any atom is 0.251 e. The lowest BCUT2D eigenvalue weighted by Gasteiger charge is -2.18. The standard InChI is InChI=1S/C19H25N3O/c1-3-4-8-12-21-19(23)17-11-13-20-18(14-17)22(2)15-16-9-6-5-7-10-16/h5-7,9-11,13-14H,3-4,8,12,15H2,1-2H3,(H,21,23). The highest BCUT2D eigenvalue weighted by molar-refractivity contribution is 5.94. The first-order chi connectivity index (χ1) is 11.2. The van der Waals surface area contributed by atoms with Gasteiger partial charge >= 0.3 is 0 Å². The van der Waals surface area contributed by atoms with Gasteiger partial charge in [-0.15, -0.1) is 0 Å². The molecule has 1 aromatic heterocycles. The number of amides is 1. The predicted octanol–water partition coefficient (Wildman–Crippen LogP) is 3.64. The van der Waals surface area contributed by atoms with E-state index in [0.29, 0.717) is 5.56 Å². The summed E-state index contributed by atoms with van der Waals surface area (Å²) in [6, 6.07) is 13.8. The number of nitrogens with zero attached hydrogens (tertiary/aromatic N) is 2. The number of hydrogen-bond donors (Lipinski definition) is 1. The highest BCUT2D eigenvalue weighted by Crippen LogP contribution is 2.14. The van der Waals surface area contributed by atoms with E-state index < -0.39 is 0 Å². The summed E-state index contributed by atoms with van der Waals surface area (Å²) in [6.07, 6.45) is 5.01. The van der Waals surface area contributed by atoms with E-state index in [4.69, 9.17) is 0 Å². The van der Waals surface area contributed by atoms with Crippen LogP contribution >= 0.6 is 0 Å². The molecule has 1 heterocycles. The molecule has 0 bridgehead atoms. The number of unbranched alkanes of at least 4 members (excludes halogenated alkanes) is 2. The number of benzene rings is 1. The summed E-state index contributed by atoms with van der Waals surface area (Å²) in [5, 5.41) is 2.96. The van der Waals surface area contributed by atoms with Gasteiger partial charge in [0.05, 0.1) is 0 Å². The summed E-state index contributed by atoms with van der Waals surface area (Å²) in [5.74, 6) is 0.771. The Bertz CT molecular complexity index is 613. The van der Waals surface area contributed by atoms with Crippen LogP contribution in [0.1, 0.15) is 42.1 Å². The van der Waals surface area contributed by atoms with Crippen LogP contribution in [-0.4, -0.2) is 24.5 Å². The number of hydrogen-bond acceptors (Lipinski definition) is 3. The molecule has 1 aromatic carbocycles. The number of carbonyl (C=O) groups is 1. The highest BCUT2D eigenvalue weighted by Gasteiger charge is 2.09. The third-order valence-electron chi connectivity index (χ3n) is 3.73. The van der Waals surface area contributed by atoms with Crippen LogP contribution in [0.15, 0.2) is 48.7 Å². The van der Waals surface area contributed by atoms with Gasteiger partial charge in [0, 0.05) is 31.9 Å². The topological polar surface area (TPSA) is 45.2 Å². The van der Waals surface area contributed by atoms with Gasteiger partial charge in [0.15, 0.2) is 0 Å². The van der Waals surface area contributed by atoms with Crippen molar-refractivity contribution in [3.05, 3.63) is 59.8 Å². The molecule has 0 atom stereocenters. The van der Waals surface area contributed by atoms with E-state index in [-0.39, 0.29) is 5.91 Å². The molecule has 23 heavy (non-hydrogen) atoms. The van der Waals surface area contributed by atoms with Crippen molar-refractivity contribution in [1.82, 2.24) is 10.3 Å². The van der Waals surface area contributed by atoms with Crippen LogP contribution in [0, 0.1) is 0 Å². The second-order valence-electron chi connectivity index (χ2n) is 5.71. The average molecular weight is 311 g/mol. The molecular weight excluding hydrogens is 286 g/mol. The number of anilines is 1. The van der Waals surface area contributed by atoms with Crippen LogP contribution in [0.3, 0.4) is 0 Å². The minimum atomic E-state index is -0.0298. The molecule has 1 amide bonds. The lowest BCUT2D eigenvalue weighted by Crippen LogP contribution is -2.25. The van der Waals surface area contributed by atoms with Gasteiger partial charge in [-0.05, 0) is 24.1 Å². The number of pyridine rings is 1. The minimum Gasteiger partial charge on any atom is -0.355 e. The minimum absolute atomic E-state index is 0.0298. The molecule has 0 aliphatic rings. The number of rotatable bonds is 8. The van der Waals surface area contributed by atoms with Crippen molar-refractivity contribution < 1.29 is 4.79 Å². The molecule has 0 aliphatic carbocycles. The molecule has 0 unspecified atom stereocenters. The zero-order valence-electron chi connectivity index (χ0n) is 14.0. The Balaban J connectivity index is 1.97. The van der Waals surface area contributed by atoms with E-state index in [0.717, 1.165) is 38.2 Å². The molecule has 122 valence electrons. The summed E-state index contributed by atoms with van der Waals surface area (Å²) in [6.45, 7) is 3.64. The Morgan fingerprint density at radius 2 is 1.96 bits per heavy atom. The Labute approximate surface area is 138 Å². The predicted molar refractivity (Wildman–Crippen MR) is 94.6 cm³/mol. The van der Waals surface area contributed by atoms with Gasteiger partial charge in [0.2, 0.25) is 0 Å². The number of carbonyl (C=O) groups excluding carboxylic acids is 1. The van der Waals surface area contributed by atoms with Crippen LogP contribution in [0.2, 0.25) is 0 Å². The molecule has 0 spiro atoms.